The summed E-state index contributed by atoms with van der Waals surface area (Å²) in [4.78, 5) is 22.6. The van der Waals surface area contributed by atoms with Crippen molar-refractivity contribution < 1.29 is 19.2 Å². The summed E-state index contributed by atoms with van der Waals surface area (Å²) in [6, 6.07) is 12.1. The molecule has 0 aliphatic rings. The van der Waals surface area contributed by atoms with Crippen LogP contribution in [0.5, 0.6) is 11.5 Å². The van der Waals surface area contributed by atoms with E-state index < -0.39 is 4.92 Å². The van der Waals surface area contributed by atoms with Crippen LogP contribution in [0.3, 0.4) is 0 Å². The second-order valence-electron chi connectivity index (χ2n) is 5.44. The van der Waals surface area contributed by atoms with Gasteiger partial charge in [0, 0.05) is 18.7 Å². The molecule has 0 aromatic heterocycles. The maximum Gasteiger partial charge on any atom is 0.315 e. The first kappa shape index (κ1) is 19.0. The number of benzene rings is 2. The minimum atomic E-state index is -0.479. The number of nitro groups is 1. The summed E-state index contributed by atoms with van der Waals surface area (Å²) in [5.74, 6) is 0.693. The number of nitro benzene ring substituents is 1. The number of methoxy groups -OCH3 is 2. The van der Waals surface area contributed by atoms with Crippen molar-refractivity contribution in [3.05, 3.63) is 63.7 Å². The lowest BCUT2D eigenvalue weighted by molar-refractivity contribution is -0.385. The normalized spacial score (nSPS) is 10.1. The number of carbonyl (C=O) groups is 1. The molecule has 0 heterocycles. The summed E-state index contributed by atoms with van der Waals surface area (Å²) in [5, 5.41) is 16.7. The highest BCUT2D eigenvalue weighted by molar-refractivity contribution is 5.73. The van der Waals surface area contributed by atoms with Crippen LogP contribution < -0.4 is 20.1 Å². The summed E-state index contributed by atoms with van der Waals surface area (Å²) in [7, 11) is 2.88. The van der Waals surface area contributed by atoms with Gasteiger partial charge in [-0.15, -0.1) is 0 Å². The van der Waals surface area contributed by atoms with Crippen LogP contribution in [0.4, 0.5) is 10.5 Å². The minimum Gasteiger partial charge on any atom is -0.493 e. The van der Waals surface area contributed by atoms with Gasteiger partial charge >= 0.3 is 6.03 Å². The average molecular weight is 359 g/mol. The van der Waals surface area contributed by atoms with E-state index in [-0.39, 0.29) is 30.4 Å². The molecule has 0 atom stereocenters. The van der Waals surface area contributed by atoms with Crippen molar-refractivity contribution >= 4 is 11.7 Å². The van der Waals surface area contributed by atoms with Crippen molar-refractivity contribution in [2.45, 2.75) is 13.0 Å². The number of nitrogens with one attached hydrogen (secondary N) is 2. The summed E-state index contributed by atoms with van der Waals surface area (Å²) in [6.45, 7) is 0.653. The van der Waals surface area contributed by atoms with Crippen molar-refractivity contribution in [2.75, 3.05) is 20.8 Å². The molecule has 8 nitrogen and oxygen atoms in total. The standard InChI is InChI=1S/C18H21N3O5/c1-25-16-10-14(15(21(23)24)11-17(16)26-2)8-9-19-18(22)20-12-13-6-4-3-5-7-13/h3-7,10-11H,8-9,12H2,1-2H3,(H2,19,20,22). The number of ether oxygens (including phenoxy) is 2. The molecule has 2 N–H and O–H groups in total. The van der Waals surface area contributed by atoms with E-state index in [2.05, 4.69) is 10.6 Å². The maximum absolute atomic E-state index is 11.8. The topological polar surface area (TPSA) is 103 Å². The van der Waals surface area contributed by atoms with Crippen LogP contribution in [0.15, 0.2) is 42.5 Å². The van der Waals surface area contributed by atoms with Crippen LogP contribution >= 0.6 is 0 Å². The van der Waals surface area contributed by atoms with Gasteiger partial charge in [-0.05, 0) is 18.1 Å². The first-order chi connectivity index (χ1) is 12.5. The SMILES string of the molecule is COc1cc(CCNC(=O)NCc2ccccc2)c([N+](=O)[O-])cc1OC. The summed E-state index contributed by atoms with van der Waals surface area (Å²) in [5.41, 5.74) is 1.36. The zero-order chi connectivity index (χ0) is 18.9. The summed E-state index contributed by atoms with van der Waals surface area (Å²) >= 11 is 0. The lowest BCUT2D eigenvalue weighted by Crippen LogP contribution is -2.36. The predicted octanol–water partition coefficient (Wildman–Crippen LogP) is 2.65. The van der Waals surface area contributed by atoms with Crippen LogP contribution in [0.1, 0.15) is 11.1 Å². The Labute approximate surface area is 151 Å². The molecular weight excluding hydrogens is 338 g/mol. The van der Waals surface area contributed by atoms with Crippen molar-refractivity contribution in [1.82, 2.24) is 10.6 Å². The smallest absolute Gasteiger partial charge is 0.315 e. The molecule has 2 aromatic rings. The zero-order valence-electron chi connectivity index (χ0n) is 14.7. The van der Waals surface area contributed by atoms with E-state index in [1.54, 1.807) is 6.07 Å². The number of hydrogen-bond acceptors (Lipinski definition) is 5. The van der Waals surface area contributed by atoms with E-state index in [9.17, 15) is 14.9 Å². The minimum absolute atomic E-state index is 0.0749. The van der Waals surface area contributed by atoms with Crippen LogP contribution in [0.25, 0.3) is 0 Å². The van der Waals surface area contributed by atoms with Gasteiger partial charge in [-0.3, -0.25) is 10.1 Å². The van der Waals surface area contributed by atoms with Gasteiger partial charge in [0.15, 0.2) is 11.5 Å². The van der Waals surface area contributed by atoms with Gasteiger partial charge < -0.3 is 20.1 Å². The van der Waals surface area contributed by atoms with Gasteiger partial charge in [0.2, 0.25) is 0 Å². The van der Waals surface area contributed by atoms with E-state index in [0.29, 0.717) is 17.9 Å². The van der Waals surface area contributed by atoms with Crippen LogP contribution in [-0.2, 0) is 13.0 Å². The van der Waals surface area contributed by atoms with Gasteiger partial charge in [-0.2, -0.15) is 0 Å². The Morgan fingerprint density at radius 3 is 2.35 bits per heavy atom. The third kappa shape index (κ3) is 5.10. The largest absolute Gasteiger partial charge is 0.493 e. The van der Waals surface area contributed by atoms with E-state index in [0.717, 1.165) is 5.56 Å². The molecule has 138 valence electrons. The van der Waals surface area contributed by atoms with Gasteiger partial charge in [0.05, 0.1) is 25.2 Å². The Morgan fingerprint density at radius 1 is 1.08 bits per heavy atom. The molecule has 8 heteroatoms. The predicted molar refractivity (Wildman–Crippen MR) is 96.6 cm³/mol. The molecule has 0 saturated carbocycles. The Hall–Kier alpha value is -3.29. The molecule has 2 rings (SSSR count). The number of urea groups is 1. The van der Waals surface area contributed by atoms with Gasteiger partial charge in [-0.1, -0.05) is 30.3 Å². The first-order valence-electron chi connectivity index (χ1n) is 8.00. The Morgan fingerprint density at radius 2 is 1.73 bits per heavy atom. The fraction of sp³-hybridized carbons (Fsp3) is 0.278. The number of hydrogen-bond donors (Lipinski definition) is 2. The lowest BCUT2D eigenvalue weighted by atomic mass is 10.1. The van der Waals surface area contributed by atoms with E-state index in [1.807, 2.05) is 30.3 Å². The molecule has 2 aromatic carbocycles. The molecule has 0 fully saturated rings. The molecule has 0 aliphatic carbocycles. The van der Waals surface area contributed by atoms with Crippen LogP contribution in [-0.4, -0.2) is 31.7 Å². The summed E-state index contributed by atoms with van der Waals surface area (Å²) in [6.07, 6.45) is 0.287. The monoisotopic (exact) mass is 359 g/mol. The number of nitrogens with zero attached hydrogens (tertiary/aromatic N) is 1. The highest BCUT2D eigenvalue weighted by atomic mass is 16.6. The van der Waals surface area contributed by atoms with Gasteiger partial charge in [0.1, 0.15) is 0 Å². The van der Waals surface area contributed by atoms with E-state index in [1.165, 1.54) is 20.3 Å². The quantitative estimate of drug-likeness (QED) is 0.557. The van der Waals surface area contributed by atoms with Crippen molar-refractivity contribution in [3.8, 4) is 11.5 Å². The second kappa shape index (κ2) is 9.26. The number of carbonyl (C=O) groups excluding carboxylic acids is 1. The van der Waals surface area contributed by atoms with Gasteiger partial charge in [-0.25, -0.2) is 4.79 Å². The molecule has 0 unspecified atom stereocenters. The number of amides is 2. The molecule has 0 spiro atoms. The second-order valence-corrected chi connectivity index (χ2v) is 5.44. The summed E-state index contributed by atoms with van der Waals surface area (Å²) < 4.78 is 10.3. The molecule has 2 amide bonds. The van der Waals surface area contributed by atoms with Gasteiger partial charge in [0.25, 0.3) is 5.69 Å². The van der Waals surface area contributed by atoms with E-state index >= 15 is 0 Å². The zero-order valence-corrected chi connectivity index (χ0v) is 14.7. The third-order valence-corrected chi connectivity index (χ3v) is 3.76. The molecule has 0 aliphatic heterocycles. The number of rotatable bonds is 8. The van der Waals surface area contributed by atoms with Crippen LogP contribution in [0.2, 0.25) is 0 Å². The van der Waals surface area contributed by atoms with Crippen molar-refractivity contribution in [3.63, 3.8) is 0 Å². The highest BCUT2D eigenvalue weighted by Crippen LogP contribution is 2.34. The Kier molecular flexibility index (Phi) is 6.78. The van der Waals surface area contributed by atoms with Crippen molar-refractivity contribution in [1.29, 1.82) is 0 Å². The Balaban J connectivity index is 1.93. The highest BCUT2D eigenvalue weighted by Gasteiger charge is 2.19. The third-order valence-electron chi connectivity index (χ3n) is 3.76. The molecule has 26 heavy (non-hydrogen) atoms. The lowest BCUT2D eigenvalue weighted by Gasteiger charge is -2.11. The van der Waals surface area contributed by atoms with Crippen LogP contribution in [0, 0.1) is 10.1 Å². The molecule has 0 bridgehead atoms. The average Bonchev–Trinajstić information content (AvgIpc) is 2.66. The maximum atomic E-state index is 11.8. The van der Waals surface area contributed by atoms with Crippen molar-refractivity contribution in [2.24, 2.45) is 0 Å². The molecule has 0 saturated heterocycles. The fourth-order valence-corrected chi connectivity index (χ4v) is 2.43. The fourth-order valence-electron chi connectivity index (χ4n) is 2.43. The first-order valence-corrected chi connectivity index (χ1v) is 8.00. The molecular formula is C18H21N3O5. The molecule has 0 radical (unpaired) electrons. The Bertz CT molecular complexity index is 765. The van der Waals surface area contributed by atoms with E-state index in [4.69, 9.17) is 9.47 Å².